The van der Waals surface area contributed by atoms with E-state index in [0.717, 1.165) is 32.5 Å². The van der Waals surface area contributed by atoms with Crippen LogP contribution >= 0.6 is 23.2 Å². The van der Waals surface area contributed by atoms with Crippen LogP contribution in [0, 0.1) is 20.8 Å². The van der Waals surface area contributed by atoms with Gasteiger partial charge in [-0.15, -0.1) is 0 Å². The second-order valence-electron chi connectivity index (χ2n) is 9.30. The molecule has 0 aliphatic heterocycles. The highest BCUT2D eigenvalue weighted by Crippen LogP contribution is 2.29. The molecule has 41 heavy (non-hydrogen) atoms. The highest BCUT2D eigenvalue weighted by atomic mass is 35.5. The Hall–Kier alpha value is -3.79. The van der Waals surface area contributed by atoms with E-state index in [1.807, 2.05) is 44.4 Å². The minimum Gasteiger partial charge on any atom is -0.494 e. The molecule has 0 atom stereocenters. The van der Waals surface area contributed by atoms with Crippen molar-refractivity contribution in [3.63, 3.8) is 0 Å². The number of hydrogen-bond donors (Lipinski definition) is 1. The third kappa shape index (κ3) is 6.93. The standard InChI is InChI=1S/C30H30Cl2N4O4S/c1-5-40-26-11-13-27(14-12-26)41(38,39)35(25-9-6-20(2)7-10-25)19-30(37)34-33-18-23-16-21(3)36(22(23)4)29-15-8-24(31)17-28(29)32/h6-18H,5,19H2,1-4H3,(H,34,37)/b33-18-. The van der Waals surface area contributed by atoms with E-state index in [4.69, 9.17) is 27.9 Å². The SMILES string of the molecule is CCOc1ccc(S(=O)(=O)N(CC(=O)N/N=C\c2cc(C)n(-c3ccc(Cl)cc3Cl)c2C)c2ccc(C)cc2)cc1. The number of carbonyl (C=O) groups is 1. The molecule has 0 fully saturated rings. The summed E-state index contributed by atoms with van der Waals surface area (Å²) in [5, 5.41) is 5.14. The molecule has 0 saturated heterocycles. The van der Waals surface area contributed by atoms with Crippen molar-refractivity contribution >= 4 is 51.0 Å². The molecule has 4 aromatic rings. The van der Waals surface area contributed by atoms with Crippen molar-refractivity contribution in [2.24, 2.45) is 5.10 Å². The second-order valence-corrected chi connectivity index (χ2v) is 12.0. The monoisotopic (exact) mass is 612 g/mol. The van der Waals surface area contributed by atoms with E-state index in [-0.39, 0.29) is 4.90 Å². The van der Waals surface area contributed by atoms with Gasteiger partial charge in [0.2, 0.25) is 0 Å². The summed E-state index contributed by atoms with van der Waals surface area (Å²) < 4.78 is 35.7. The predicted molar refractivity (Wildman–Crippen MR) is 164 cm³/mol. The molecule has 1 N–H and O–H groups in total. The van der Waals surface area contributed by atoms with Gasteiger partial charge in [-0.25, -0.2) is 13.8 Å². The molecule has 1 aromatic heterocycles. The maximum atomic E-state index is 13.6. The maximum Gasteiger partial charge on any atom is 0.264 e. The molecule has 0 bridgehead atoms. The maximum absolute atomic E-state index is 13.6. The van der Waals surface area contributed by atoms with Gasteiger partial charge in [-0.3, -0.25) is 9.10 Å². The van der Waals surface area contributed by atoms with Crippen LogP contribution in [-0.2, 0) is 14.8 Å². The summed E-state index contributed by atoms with van der Waals surface area (Å²) >= 11 is 12.5. The van der Waals surface area contributed by atoms with Crippen LogP contribution in [-0.4, -0.2) is 38.3 Å². The van der Waals surface area contributed by atoms with Crippen LogP contribution in [0.1, 0.15) is 29.4 Å². The summed E-state index contributed by atoms with van der Waals surface area (Å²) in [6.07, 6.45) is 1.51. The fourth-order valence-corrected chi connectivity index (χ4v) is 6.23. The highest BCUT2D eigenvalue weighted by molar-refractivity contribution is 7.92. The van der Waals surface area contributed by atoms with Gasteiger partial charge in [0.05, 0.1) is 34.1 Å². The Bertz CT molecular complexity index is 1680. The number of anilines is 1. The Morgan fingerprint density at radius 3 is 2.32 bits per heavy atom. The number of benzene rings is 3. The summed E-state index contributed by atoms with van der Waals surface area (Å²) in [4.78, 5) is 13.0. The third-order valence-corrected chi connectivity index (χ3v) is 8.67. The lowest BCUT2D eigenvalue weighted by Gasteiger charge is -2.24. The first-order chi connectivity index (χ1) is 19.5. The largest absolute Gasteiger partial charge is 0.494 e. The average molecular weight is 614 g/mol. The van der Waals surface area contributed by atoms with Gasteiger partial charge in [0.1, 0.15) is 12.3 Å². The van der Waals surface area contributed by atoms with Crippen LogP contribution < -0.4 is 14.5 Å². The van der Waals surface area contributed by atoms with Crippen molar-refractivity contribution in [2.45, 2.75) is 32.6 Å². The first-order valence-electron chi connectivity index (χ1n) is 12.8. The first-order valence-corrected chi connectivity index (χ1v) is 15.0. The number of sulfonamides is 1. The molecule has 4 rings (SSSR count). The van der Waals surface area contributed by atoms with Gasteiger partial charge in [0.15, 0.2) is 0 Å². The van der Waals surface area contributed by atoms with E-state index in [2.05, 4.69) is 10.5 Å². The molecule has 1 amide bonds. The van der Waals surface area contributed by atoms with Crippen molar-refractivity contribution in [3.05, 3.63) is 105 Å². The molecule has 0 saturated carbocycles. The van der Waals surface area contributed by atoms with Gasteiger partial charge in [-0.1, -0.05) is 40.9 Å². The lowest BCUT2D eigenvalue weighted by Crippen LogP contribution is -2.39. The van der Waals surface area contributed by atoms with Crippen LogP contribution in [0.15, 0.2) is 82.8 Å². The zero-order valence-corrected chi connectivity index (χ0v) is 25.4. The van der Waals surface area contributed by atoms with Crippen molar-refractivity contribution in [1.82, 2.24) is 9.99 Å². The topological polar surface area (TPSA) is 93.0 Å². The Morgan fingerprint density at radius 2 is 1.68 bits per heavy atom. The second kappa shape index (κ2) is 12.8. The van der Waals surface area contributed by atoms with E-state index < -0.39 is 22.5 Å². The molecule has 214 valence electrons. The molecule has 0 aliphatic carbocycles. The quantitative estimate of drug-likeness (QED) is 0.164. The number of nitrogens with zero attached hydrogens (tertiary/aromatic N) is 3. The van der Waals surface area contributed by atoms with E-state index in [1.54, 1.807) is 48.5 Å². The van der Waals surface area contributed by atoms with E-state index in [9.17, 15) is 13.2 Å². The van der Waals surface area contributed by atoms with Gasteiger partial charge >= 0.3 is 0 Å². The molecule has 8 nitrogen and oxygen atoms in total. The predicted octanol–water partition coefficient (Wildman–Crippen LogP) is 6.45. The summed E-state index contributed by atoms with van der Waals surface area (Å²) in [5.41, 5.74) is 7.05. The molecule has 0 radical (unpaired) electrons. The lowest BCUT2D eigenvalue weighted by molar-refractivity contribution is -0.119. The highest BCUT2D eigenvalue weighted by Gasteiger charge is 2.27. The number of hydrogen-bond acceptors (Lipinski definition) is 5. The van der Waals surface area contributed by atoms with E-state index in [1.165, 1.54) is 18.3 Å². The zero-order chi connectivity index (χ0) is 29.7. The smallest absolute Gasteiger partial charge is 0.264 e. The number of ether oxygens (including phenoxy) is 1. The molecular weight excluding hydrogens is 583 g/mol. The van der Waals surface area contributed by atoms with Crippen LogP contribution in [0.2, 0.25) is 10.0 Å². The average Bonchev–Trinajstić information content (AvgIpc) is 3.21. The number of amides is 1. The number of aryl methyl sites for hydroxylation is 2. The Labute approximate surface area is 250 Å². The summed E-state index contributed by atoms with van der Waals surface area (Å²) in [7, 11) is -4.08. The molecule has 11 heteroatoms. The first kappa shape index (κ1) is 30.2. The Balaban J connectivity index is 1.55. The molecule has 0 aliphatic rings. The summed E-state index contributed by atoms with van der Waals surface area (Å²) in [5.74, 6) is -0.0518. The van der Waals surface area contributed by atoms with Gasteiger partial charge in [-0.05, 0) is 88.4 Å². The molecular formula is C30H30Cl2N4O4S. The Morgan fingerprint density at radius 1 is 1.00 bits per heavy atom. The number of rotatable bonds is 10. The van der Waals surface area contributed by atoms with Crippen LogP contribution in [0.4, 0.5) is 5.69 Å². The molecule has 0 unspecified atom stereocenters. The molecule has 0 spiro atoms. The van der Waals surface area contributed by atoms with E-state index >= 15 is 0 Å². The number of hydrazone groups is 1. The Kier molecular flexibility index (Phi) is 9.42. The van der Waals surface area contributed by atoms with Gasteiger partial charge in [-0.2, -0.15) is 5.10 Å². The normalized spacial score (nSPS) is 11.6. The fraction of sp³-hybridized carbons (Fsp3) is 0.200. The van der Waals surface area contributed by atoms with Crippen LogP contribution in [0.3, 0.4) is 0 Å². The molecule has 3 aromatic carbocycles. The lowest BCUT2D eigenvalue weighted by atomic mass is 10.2. The van der Waals surface area contributed by atoms with Crippen molar-refractivity contribution in [2.75, 3.05) is 17.5 Å². The number of aromatic nitrogens is 1. The summed E-state index contributed by atoms with van der Waals surface area (Å²) in [6, 6.07) is 20.2. The minimum absolute atomic E-state index is 0.0335. The minimum atomic E-state index is -4.08. The number of nitrogens with one attached hydrogen (secondary N) is 1. The molecule has 1 heterocycles. The van der Waals surface area contributed by atoms with Gasteiger partial charge in [0.25, 0.3) is 15.9 Å². The number of carbonyl (C=O) groups excluding carboxylic acids is 1. The van der Waals surface area contributed by atoms with Crippen molar-refractivity contribution < 1.29 is 17.9 Å². The van der Waals surface area contributed by atoms with Gasteiger partial charge < -0.3 is 9.30 Å². The van der Waals surface area contributed by atoms with Crippen LogP contribution in [0.25, 0.3) is 5.69 Å². The number of halogens is 2. The zero-order valence-electron chi connectivity index (χ0n) is 23.1. The van der Waals surface area contributed by atoms with Crippen molar-refractivity contribution in [1.29, 1.82) is 0 Å². The van der Waals surface area contributed by atoms with Crippen LogP contribution in [0.5, 0.6) is 5.75 Å². The van der Waals surface area contributed by atoms with Gasteiger partial charge in [0, 0.05) is 22.0 Å². The third-order valence-electron chi connectivity index (χ3n) is 6.35. The van der Waals surface area contributed by atoms with E-state index in [0.29, 0.717) is 28.1 Å². The fourth-order valence-electron chi connectivity index (χ4n) is 4.32. The van der Waals surface area contributed by atoms with Crippen molar-refractivity contribution in [3.8, 4) is 11.4 Å². The summed E-state index contributed by atoms with van der Waals surface area (Å²) in [6.45, 7) is 7.56.